The topological polar surface area (TPSA) is 78.4 Å². The van der Waals surface area contributed by atoms with Crippen molar-refractivity contribution in [1.29, 1.82) is 0 Å². The molecule has 2 fully saturated rings. The quantitative estimate of drug-likeness (QED) is 0.724. The van der Waals surface area contributed by atoms with E-state index < -0.39 is 5.97 Å². The number of hydrogen-bond donors (Lipinski definition) is 3. The molecular weight excluding hydrogens is 268 g/mol. The Bertz CT molecular complexity index is 373. The molecule has 21 heavy (non-hydrogen) atoms. The van der Waals surface area contributed by atoms with Crippen LogP contribution in [0.3, 0.4) is 0 Å². The first-order chi connectivity index (χ1) is 10.1. The van der Waals surface area contributed by atoms with Gasteiger partial charge in [0.25, 0.3) is 0 Å². The zero-order chi connectivity index (χ0) is 15.2. The van der Waals surface area contributed by atoms with Crippen LogP contribution in [0.15, 0.2) is 0 Å². The zero-order valence-electron chi connectivity index (χ0n) is 12.9. The molecule has 120 valence electrons. The number of hydrogen-bond acceptors (Lipinski definition) is 3. The summed E-state index contributed by atoms with van der Waals surface area (Å²) in [7, 11) is 0. The molecule has 0 aromatic carbocycles. The largest absolute Gasteiger partial charge is 0.481 e. The minimum Gasteiger partial charge on any atom is -0.481 e. The van der Waals surface area contributed by atoms with Gasteiger partial charge in [-0.25, -0.2) is 0 Å². The predicted molar refractivity (Wildman–Crippen MR) is 80.9 cm³/mol. The van der Waals surface area contributed by atoms with E-state index in [4.69, 9.17) is 5.11 Å². The fourth-order valence-electron chi connectivity index (χ4n) is 3.63. The summed E-state index contributed by atoms with van der Waals surface area (Å²) in [5.41, 5.74) is 0. The number of nitrogens with one attached hydrogen (secondary N) is 2. The van der Waals surface area contributed by atoms with Crippen molar-refractivity contribution < 1.29 is 14.7 Å². The molecule has 5 nitrogen and oxygen atoms in total. The summed E-state index contributed by atoms with van der Waals surface area (Å²) in [5.74, 6) is -0.348. The molecule has 2 aliphatic rings. The van der Waals surface area contributed by atoms with Crippen LogP contribution in [0.25, 0.3) is 0 Å². The minimum absolute atomic E-state index is 0.0474. The number of carbonyl (C=O) groups is 2. The van der Waals surface area contributed by atoms with E-state index in [9.17, 15) is 9.59 Å². The molecular formula is C16H28N2O3. The molecule has 4 unspecified atom stereocenters. The Hall–Kier alpha value is -1.10. The van der Waals surface area contributed by atoms with Crippen LogP contribution >= 0.6 is 0 Å². The number of carboxylic acids is 1. The van der Waals surface area contributed by atoms with Crippen molar-refractivity contribution in [2.45, 2.75) is 70.4 Å². The van der Waals surface area contributed by atoms with Crippen molar-refractivity contribution >= 4 is 11.9 Å². The van der Waals surface area contributed by atoms with Crippen LogP contribution in [-0.4, -0.2) is 35.6 Å². The first-order valence-electron chi connectivity index (χ1n) is 8.32. The molecule has 0 aromatic heterocycles. The van der Waals surface area contributed by atoms with Crippen molar-refractivity contribution in [3.63, 3.8) is 0 Å². The van der Waals surface area contributed by atoms with Crippen molar-refractivity contribution in [2.75, 3.05) is 6.54 Å². The number of rotatable bonds is 5. The molecule has 1 amide bonds. The van der Waals surface area contributed by atoms with E-state index in [0.717, 1.165) is 25.7 Å². The van der Waals surface area contributed by atoms with E-state index >= 15 is 0 Å². The van der Waals surface area contributed by atoms with Crippen molar-refractivity contribution in [1.82, 2.24) is 10.6 Å². The Labute approximate surface area is 126 Å². The van der Waals surface area contributed by atoms with Gasteiger partial charge < -0.3 is 15.7 Å². The van der Waals surface area contributed by atoms with E-state index in [1.165, 1.54) is 19.3 Å². The van der Waals surface area contributed by atoms with Gasteiger partial charge in [0, 0.05) is 12.1 Å². The van der Waals surface area contributed by atoms with Gasteiger partial charge in [-0.15, -0.1) is 0 Å². The summed E-state index contributed by atoms with van der Waals surface area (Å²) in [6.07, 6.45) is 8.04. The Balaban J connectivity index is 1.69. The smallest absolute Gasteiger partial charge is 0.306 e. The molecule has 0 aromatic rings. The second kappa shape index (κ2) is 7.78. The predicted octanol–water partition coefficient (Wildman–Crippen LogP) is 1.91. The second-order valence-electron chi connectivity index (χ2n) is 6.72. The van der Waals surface area contributed by atoms with Gasteiger partial charge in [-0.1, -0.05) is 26.2 Å². The lowest BCUT2D eigenvalue weighted by Crippen LogP contribution is -2.47. The highest BCUT2D eigenvalue weighted by Gasteiger charge is 2.27. The normalized spacial score (nSPS) is 33.4. The highest BCUT2D eigenvalue weighted by atomic mass is 16.4. The average Bonchev–Trinajstić information content (AvgIpc) is 2.48. The zero-order valence-corrected chi connectivity index (χ0v) is 12.9. The van der Waals surface area contributed by atoms with Crippen molar-refractivity contribution in [3.8, 4) is 0 Å². The first kappa shape index (κ1) is 16.3. The van der Waals surface area contributed by atoms with Crippen molar-refractivity contribution in [2.24, 2.45) is 11.8 Å². The number of carbonyl (C=O) groups excluding carboxylic acids is 1. The van der Waals surface area contributed by atoms with Crippen LogP contribution in [-0.2, 0) is 9.59 Å². The maximum absolute atomic E-state index is 12.0. The summed E-state index contributed by atoms with van der Waals surface area (Å²) in [6.45, 7) is 2.51. The lowest BCUT2D eigenvalue weighted by molar-refractivity contribution is -0.143. The number of carboxylic acid groups (broad SMARTS) is 1. The summed E-state index contributed by atoms with van der Waals surface area (Å²) in [5, 5.41) is 15.4. The van der Waals surface area contributed by atoms with Gasteiger partial charge >= 0.3 is 5.97 Å². The van der Waals surface area contributed by atoms with Gasteiger partial charge in [-0.3, -0.25) is 9.59 Å². The highest BCUT2D eigenvalue weighted by Crippen LogP contribution is 2.25. The molecule has 0 heterocycles. The fraction of sp³-hybridized carbons (Fsp3) is 0.875. The maximum Gasteiger partial charge on any atom is 0.306 e. The highest BCUT2D eigenvalue weighted by molar-refractivity contribution is 5.78. The standard InChI is InChI=1S/C16H28N2O3/c1-11-5-2-3-8-14(11)18-15(19)10-17-13-7-4-6-12(9-13)16(20)21/h11-14,17H,2-10H2,1H3,(H,18,19)(H,20,21). The van der Waals surface area contributed by atoms with Gasteiger partial charge in [0.2, 0.25) is 5.91 Å². The summed E-state index contributed by atoms with van der Waals surface area (Å²) >= 11 is 0. The van der Waals surface area contributed by atoms with Crippen LogP contribution in [0.5, 0.6) is 0 Å². The molecule has 0 saturated heterocycles. The summed E-state index contributed by atoms with van der Waals surface area (Å²) in [6, 6.07) is 0.473. The third-order valence-electron chi connectivity index (χ3n) is 5.03. The molecule has 3 N–H and O–H groups in total. The van der Waals surface area contributed by atoms with Crippen LogP contribution in [0, 0.1) is 11.8 Å². The Morgan fingerprint density at radius 3 is 2.57 bits per heavy atom. The monoisotopic (exact) mass is 296 g/mol. The molecule has 2 rings (SSSR count). The summed E-state index contributed by atoms with van der Waals surface area (Å²) < 4.78 is 0. The maximum atomic E-state index is 12.0. The van der Waals surface area contributed by atoms with Gasteiger partial charge in [-0.2, -0.15) is 0 Å². The van der Waals surface area contributed by atoms with E-state index in [1.54, 1.807) is 0 Å². The van der Waals surface area contributed by atoms with E-state index in [1.807, 2.05) is 0 Å². The Kier molecular flexibility index (Phi) is 6.03. The SMILES string of the molecule is CC1CCCCC1NC(=O)CNC1CCCC(C(=O)O)C1. The van der Waals surface area contributed by atoms with Gasteiger partial charge in [0.05, 0.1) is 12.5 Å². The first-order valence-corrected chi connectivity index (χ1v) is 8.32. The Morgan fingerprint density at radius 1 is 1.10 bits per heavy atom. The average molecular weight is 296 g/mol. The van der Waals surface area contributed by atoms with Gasteiger partial charge in [0.1, 0.15) is 0 Å². The van der Waals surface area contributed by atoms with Crippen LogP contribution in [0.1, 0.15) is 58.3 Å². The lowest BCUT2D eigenvalue weighted by Gasteiger charge is -2.30. The molecule has 4 atom stereocenters. The van der Waals surface area contributed by atoms with Crippen LogP contribution in [0.2, 0.25) is 0 Å². The fourth-order valence-corrected chi connectivity index (χ4v) is 3.63. The molecule has 0 bridgehead atoms. The molecule has 0 spiro atoms. The molecule has 2 aliphatic carbocycles. The number of aliphatic carboxylic acids is 1. The Morgan fingerprint density at radius 2 is 1.86 bits per heavy atom. The second-order valence-corrected chi connectivity index (χ2v) is 6.72. The van der Waals surface area contributed by atoms with Gasteiger partial charge in [0.15, 0.2) is 0 Å². The van der Waals surface area contributed by atoms with E-state index in [0.29, 0.717) is 24.9 Å². The molecule has 0 aliphatic heterocycles. The third kappa shape index (κ3) is 4.99. The van der Waals surface area contributed by atoms with E-state index in [2.05, 4.69) is 17.6 Å². The third-order valence-corrected chi connectivity index (χ3v) is 5.03. The lowest BCUT2D eigenvalue weighted by atomic mass is 9.85. The van der Waals surface area contributed by atoms with E-state index in [-0.39, 0.29) is 17.9 Å². The molecule has 0 radical (unpaired) electrons. The van der Waals surface area contributed by atoms with Gasteiger partial charge in [-0.05, 0) is 38.0 Å². The molecule has 2 saturated carbocycles. The molecule has 5 heteroatoms. The van der Waals surface area contributed by atoms with Crippen LogP contribution < -0.4 is 10.6 Å². The summed E-state index contributed by atoms with van der Waals surface area (Å²) in [4.78, 5) is 23.1. The van der Waals surface area contributed by atoms with Crippen LogP contribution in [0.4, 0.5) is 0 Å². The number of amides is 1. The van der Waals surface area contributed by atoms with Crippen molar-refractivity contribution in [3.05, 3.63) is 0 Å². The minimum atomic E-state index is -0.706.